The Morgan fingerprint density at radius 1 is 1.08 bits per heavy atom. The highest BCUT2D eigenvalue weighted by molar-refractivity contribution is 7.98. The summed E-state index contributed by atoms with van der Waals surface area (Å²) in [5.74, 6) is 0.0469. The number of halogens is 1. The zero-order chi connectivity index (χ0) is 18.4. The SMILES string of the molecule is O=C(NNC(=O)[C@@H]1CCOC1)c1ccc(CSc2ccc(Cl)cc2)cc1. The summed E-state index contributed by atoms with van der Waals surface area (Å²) in [6, 6.07) is 15.0. The third-order valence-corrected chi connectivity index (χ3v) is 5.37. The molecule has 26 heavy (non-hydrogen) atoms. The molecule has 0 unspecified atom stereocenters. The van der Waals surface area contributed by atoms with E-state index in [1.165, 1.54) is 0 Å². The van der Waals surface area contributed by atoms with E-state index < -0.39 is 0 Å². The largest absolute Gasteiger partial charge is 0.381 e. The monoisotopic (exact) mass is 390 g/mol. The molecule has 0 spiro atoms. The molecule has 0 aromatic heterocycles. The molecule has 1 atom stereocenters. The van der Waals surface area contributed by atoms with Gasteiger partial charge in [-0.05, 0) is 48.4 Å². The molecule has 0 radical (unpaired) electrons. The van der Waals surface area contributed by atoms with E-state index in [-0.39, 0.29) is 17.7 Å². The lowest BCUT2D eigenvalue weighted by Crippen LogP contribution is -2.44. The normalized spacial score (nSPS) is 16.3. The number of rotatable bonds is 5. The van der Waals surface area contributed by atoms with Gasteiger partial charge in [-0.1, -0.05) is 23.7 Å². The van der Waals surface area contributed by atoms with Gasteiger partial charge in [-0.25, -0.2) is 0 Å². The van der Waals surface area contributed by atoms with Crippen molar-refractivity contribution in [2.24, 2.45) is 5.92 Å². The Morgan fingerprint density at radius 2 is 1.81 bits per heavy atom. The zero-order valence-electron chi connectivity index (χ0n) is 14.0. The van der Waals surface area contributed by atoms with E-state index in [4.69, 9.17) is 16.3 Å². The van der Waals surface area contributed by atoms with E-state index >= 15 is 0 Å². The van der Waals surface area contributed by atoms with E-state index in [1.807, 2.05) is 36.4 Å². The number of carbonyl (C=O) groups excluding carboxylic acids is 2. The molecule has 3 rings (SSSR count). The Bertz CT molecular complexity index is 759. The van der Waals surface area contributed by atoms with Crippen molar-refractivity contribution in [2.45, 2.75) is 17.1 Å². The molecule has 1 heterocycles. The number of carbonyl (C=O) groups is 2. The molecule has 0 saturated carbocycles. The van der Waals surface area contributed by atoms with Crippen molar-refractivity contribution in [1.29, 1.82) is 0 Å². The van der Waals surface area contributed by atoms with Crippen LogP contribution in [0.1, 0.15) is 22.3 Å². The summed E-state index contributed by atoms with van der Waals surface area (Å²) in [6.07, 6.45) is 0.682. The molecule has 2 aromatic rings. The van der Waals surface area contributed by atoms with Crippen LogP contribution in [0.3, 0.4) is 0 Å². The van der Waals surface area contributed by atoms with Gasteiger partial charge in [0, 0.05) is 27.8 Å². The first-order valence-electron chi connectivity index (χ1n) is 8.27. The molecule has 1 aliphatic heterocycles. The molecule has 1 fully saturated rings. The summed E-state index contributed by atoms with van der Waals surface area (Å²) in [7, 11) is 0. The molecule has 1 saturated heterocycles. The molecule has 1 aliphatic rings. The quantitative estimate of drug-likeness (QED) is 0.606. The maximum Gasteiger partial charge on any atom is 0.269 e. The number of amides is 2. The third kappa shape index (κ3) is 5.24. The van der Waals surface area contributed by atoms with Gasteiger partial charge in [0.05, 0.1) is 12.5 Å². The van der Waals surface area contributed by atoms with Crippen LogP contribution in [0.2, 0.25) is 5.02 Å². The first kappa shape index (κ1) is 18.8. The van der Waals surface area contributed by atoms with Crippen LogP contribution in [0.15, 0.2) is 53.4 Å². The highest BCUT2D eigenvalue weighted by Crippen LogP contribution is 2.24. The highest BCUT2D eigenvalue weighted by atomic mass is 35.5. The summed E-state index contributed by atoms with van der Waals surface area (Å²) < 4.78 is 5.16. The number of ether oxygens (including phenoxy) is 1. The van der Waals surface area contributed by atoms with Crippen molar-refractivity contribution in [1.82, 2.24) is 10.9 Å². The summed E-state index contributed by atoms with van der Waals surface area (Å²) in [5.41, 5.74) is 6.50. The number of nitrogens with one attached hydrogen (secondary N) is 2. The number of thioether (sulfide) groups is 1. The van der Waals surface area contributed by atoms with Crippen LogP contribution < -0.4 is 10.9 Å². The van der Waals surface area contributed by atoms with Crippen molar-refractivity contribution in [2.75, 3.05) is 13.2 Å². The number of hydrogen-bond acceptors (Lipinski definition) is 4. The summed E-state index contributed by atoms with van der Waals surface area (Å²) in [4.78, 5) is 25.1. The Kier molecular flexibility index (Phi) is 6.55. The fourth-order valence-corrected chi connectivity index (χ4v) is 3.46. The highest BCUT2D eigenvalue weighted by Gasteiger charge is 2.23. The Hall–Kier alpha value is -2.02. The van der Waals surface area contributed by atoms with Crippen molar-refractivity contribution >= 4 is 35.2 Å². The molecule has 7 heteroatoms. The van der Waals surface area contributed by atoms with Crippen LogP contribution in [-0.2, 0) is 15.3 Å². The fraction of sp³-hybridized carbons (Fsp3) is 0.263. The lowest BCUT2D eigenvalue weighted by Gasteiger charge is -2.11. The number of benzene rings is 2. The minimum absolute atomic E-state index is 0.192. The molecular formula is C19H19ClN2O3S. The predicted octanol–water partition coefficient (Wildman–Crippen LogP) is 3.43. The average Bonchev–Trinajstić information content (AvgIpc) is 3.21. The predicted molar refractivity (Wildman–Crippen MR) is 102 cm³/mol. The van der Waals surface area contributed by atoms with E-state index in [2.05, 4.69) is 10.9 Å². The fourth-order valence-electron chi connectivity index (χ4n) is 2.48. The molecule has 2 amide bonds. The van der Waals surface area contributed by atoms with Crippen LogP contribution in [-0.4, -0.2) is 25.0 Å². The summed E-state index contributed by atoms with van der Waals surface area (Å²) in [6.45, 7) is 0.989. The lowest BCUT2D eigenvalue weighted by molar-refractivity contribution is -0.125. The van der Waals surface area contributed by atoms with Crippen molar-refractivity contribution in [3.05, 3.63) is 64.7 Å². The van der Waals surface area contributed by atoms with E-state index in [1.54, 1.807) is 23.9 Å². The Balaban J connectivity index is 1.47. The van der Waals surface area contributed by atoms with Gasteiger partial charge in [0.2, 0.25) is 5.91 Å². The second kappa shape index (κ2) is 9.07. The minimum atomic E-state index is -0.339. The Morgan fingerprint density at radius 3 is 2.46 bits per heavy atom. The van der Waals surface area contributed by atoms with Gasteiger partial charge < -0.3 is 4.74 Å². The molecule has 2 N–H and O–H groups in total. The van der Waals surface area contributed by atoms with Crippen LogP contribution in [0.5, 0.6) is 0 Å². The maximum absolute atomic E-state index is 12.1. The van der Waals surface area contributed by atoms with Crippen LogP contribution in [0.25, 0.3) is 0 Å². The summed E-state index contributed by atoms with van der Waals surface area (Å²) >= 11 is 7.58. The minimum Gasteiger partial charge on any atom is -0.381 e. The van der Waals surface area contributed by atoms with Gasteiger partial charge in [-0.3, -0.25) is 20.4 Å². The summed E-state index contributed by atoms with van der Waals surface area (Å²) in [5, 5.41) is 0.720. The third-order valence-electron chi connectivity index (χ3n) is 4.03. The topological polar surface area (TPSA) is 67.4 Å². The number of hydrogen-bond donors (Lipinski definition) is 2. The van der Waals surface area contributed by atoms with Crippen molar-refractivity contribution in [3.63, 3.8) is 0 Å². The number of hydrazine groups is 1. The van der Waals surface area contributed by atoms with Crippen molar-refractivity contribution in [3.8, 4) is 0 Å². The van der Waals surface area contributed by atoms with Crippen LogP contribution in [0, 0.1) is 5.92 Å². The second-order valence-electron chi connectivity index (χ2n) is 5.94. The Labute approximate surface area is 161 Å². The van der Waals surface area contributed by atoms with Gasteiger partial charge in [0.15, 0.2) is 0 Å². The van der Waals surface area contributed by atoms with Gasteiger partial charge >= 0.3 is 0 Å². The maximum atomic E-state index is 12.1. The molecule has 0 bridgehead atoms. The van der Waals surface area contributed by atoms with Crippen LogP contribution in [0.4, 0.5) is 0 Å². The first-order valence-corrected chi connectivity index (χ1v) is 9.63. The smallest absolute Gasteiger partial charge is 0.269 e. The zero-order valence-corrected chi connectivity index (χ0v) is 15.6. The molecule has 0 aliphatic carbocycles. The second-order valence-corrected chi connectivity index (χ2v) is 7.43. The molecule has 2 aromatic carbocycles. The molecule has 136 valence electrons. The molecule has 5 nitrogen and oxygen atoms in total. The van der Waals surface area contributed by atoms with E-state index in [0.29, 0.717) is 25.2 Å². The van der Waals surface area contributed by atoms with Gasteiger partial charge in [0.1, 0.15) is 0 Å². The first-order chi connectivity index (χ1) is 12.6. The van der Waals surface area contributed by atoms with Crippen molar-refractivity contribution < 1.29 is 14.3 Å². The van der Waals surface area contributed by atoms with Crippen LogP contribution >= 0.6 is 23.4 Å². The van der Waals surface area contributed by atoms with Gasteiger partial charge in [0.25, 0.3) is 5.91 Å². The molecular weight excluding hydrogens is 372 g/mol. The van der Waals surface area contributed by atoms with E-state index in [0.717, 1.165) is 21.2 Å². The average molecular weight is 391 g/mol. The van der Waals surface area contributed by atoms with Gasteiger partial charge in [-0.2, -0.15) is 0 Å². The lowest BCUT2D eigenvalue weighted by atomic mass is 10.1. The standard InChI is InChI=1S/C19H19ClN2O3S/c20-16-5-7-17(8-6-16)26-12-13-1-3-14(4-2-13)18(23)21-22-19(24)15-9-10-25-11-15/h1-8,15H,9-12H2,(H,21,23)(H,22,24)/t15-/m1/s1. The van der Waals surface area contributed by atoms with Gasteiger partial charge in [-0.15, -0.1) is 11.8 Å². The van der Waals surface area contributed by atoms with E-state index in [9.17, 15) is 9.59 Å².